The third-order valence-corrected chi connectivity index (χ3v) is 5.19. The molecule has 0 saturated carbocycles. The fraction of sp³-hybridized carbons (Fsp3) is 0.522. The van der Waals surface area contributed by atoms with Crippen LogP contribution in [0.15, 0.2) is 22.8 Å². The predicted octanol–water partition coefficient (Wildman–Crippen LogP) is 4.30. The fourth-order valence-electron chi connectivity index (χ4n) is 3.73. The molecule has 0 aliphatic rings. The summed E-state index contributed by atoms with van der Waals surface area (Å²) in [6.45, 7) is 10.2. The van der Waals surface area contributed by atoms with Crippen molar-refractivity contribution >= 4 is 17.7 Å². The Kier molecular flexibility index (Phi) is 8.45. The quantitative estimate of drug-likeness (QED) is 0.403. The molecule has 2 aromatic heterocycles. The summed E-state index contributed by atoms with van der Waals surface area (Å²) in [7, 11) is 0. The van der Waals surface area contributed by atoms with Gasteiger partial charge in [0.2, 0.25) is 5.91 Å². The van der Waals surface area contributed by atoms with Crippen LogP contribution in [0.1, 0.15) is 77.9 Å². The maximum atomic E-state index is 13.3. The summed E-state index contributed by atoms with van der Waals surface area (Å²) in [4.78, 5) is 40.0. The Morgan fingerprint density at radius 2 is 1.90 bits per heavy atom. The minimum absolute atomic E-state index is 0.0685. The summed E-state index contributed by atoms with van der Waals surface area (Å²) in [6.07, 6.45) is 3.59. The van der Waals surface area contributed by atoms with Crippen molar-refractivity contribution < 1.29 is 23.5 Å². The standard InChI is InChI=1S/C23H32N2O5/c1-6-9-12-20(27)24(14-18-11-10-13-30-18)15-19(26)21-16(4)22(23(28)29-8-3)25(7-2)17(21)5/h10-11,13H,6-9,12,14-15H2,1-5H3. The third kappa shape index (κ3) is 5.20. The lowest BCUT2D eigenvalue weighted by atomic mass is 10.0. The SMILES string of the molecule is CCCCC(=O)N(CC(=O)c1c(C)c(C(=O)OCC)n(CC)c1C)Cc1ccco1. The van der Waals surface area contributed by atoms with Gasteiger partial charge in [-0.05, 0) is 51.8 Å². The molecule has 0 saturated heterocycles. The van der Waals surface area contributed by atoms with Crippen LogP contribution in [0.5, 0.6) is 0 Å². The Morgan fingerprint density at radius 1 is 1.17 bits per heavy atom. The molecule has 7 heteroatoms. The van der Waals surface area contributed by atoms with Crippen molar-refractivity contribution in [3.05, 3.63) is 46.7 Å². The van der Waals surface area contributed by atoms with Crippen LogP contribution in [0.4, 0.5) is 0 Å². The summed E-state index contributed by atoms with van der Waals surface area (Å²) >= 11 is 0. The van der Waals surface area contributed by atoms with Gasteiger partial charge in [-0.1, -0.05) is 13.3 Å². The highest BCUT2D eigenvalue weighted by Crippen LogP contribution is 2.24. The second kappa shape index (κ2) is 10.8. The van der Waals surface area contributed by atoms with Gasteiger partial charge in [-0.3, -0.25) is 9.59 Å². The Balaban J connectivity index is 2.34. The van der Waals surface area contributed by atoms with Crippen LogP contribution < -0.4 is 0 Å². The van der Waals surface area contributed by atoms with Crippen molar-refractivity contribution in [1.82, 2.24) is 9.47 Å². The van der Waals surface area contributed by atoms with Gasteiger partial charge in [-0.25, -0.2) is 4.79 Å². The van der Waals surface area contributed by atoms with Gasteiger partial charge < -0.3 is 18.6 Å². The number of unbranched alkanes of at least 4 members (excludes halogenated alkanes) is 1. The van der Waals surface area contributed by atoms with Crippen molar-refractivity contribution in [1.29, 1.82) is 0 Å². The van der Waals surface area contributed by atoms with E-state index in [1.807, 2.05) is 20.8 Å². The van der Waals surface area contributed by atoms with E-state index >= 15 is 0 Å². The van der Waals surface area contributed by atoms with Gasteiger partial charge in [0.15, 0.2) is 5.78 Å². The Hall–Kier alpha value is -2.83. The van der Waals surface area contributed by atoms with Crippen LogP contribution in [-0.4, -0.2) is 40.3 Å². The smallest absolute Gasteiger partial charge is 0.355 e. The minimum Gasteiger partial charge on any atom is -0.467 e. The molecule has 0 fully saturated rings. The van der Waals surface area contributed by atoms with E-state index in [1.165, 1.54) is 4.90 Å². The van der Waals surface area contributed by atoms with E-state index in [0.29, 0.717) is 41.2 Å². The van der Waals surface area contributed by atoms with Crippen LogP contribution in [0.3, 0.4) is 0 Å². The Bertz CT molecular complexity index is 880. The maximum absolute atomic E-state index is 13.3. The second-order valence-corrected chi connectivity index (χ2v) is 7.25. The average Bonchev–Trinajstić information content (AvgIpc) is 3.30. The van der Waals surface area contributed by atoms with Gasteiger partial charge in [0.05, 0.1) is 26.0 Å². The monoisotopic (exact) mass is 416 g/mol. The van der Waals surface area contributed by atoms with Crippen LogP contribution in [0, 0.1) is 13.8 Å². The zero-order valence-electron chi connectivity index (χ0n) is 18.6. The van der Waals surface area contributed by atoms with Gasteiger partial charge in [0.1, 0.15) is 11.5 Å². The number of Topliss-reactive ketones (excluding diaryl/α,β-unsaturated/α-hetero) is 1. The first-order valence-electron chi connectivity index (χ1n) is 10.6. The number of ketones is 1. The van der Waals surface area contributed by atoms with Crippen LogP contribution in [0.2, 0.25) is 0 Å². The zero-order chi connectivity index (χ0) is 22.3. The molecule has 2 heterocycles. The summed E-state index contributed by atoms with van der Waals surface area (Å²) in [5, 5.41) is 0. The van der Waals surface area contributed by atoms with E-state index in [1.54, 1.807) is 36.8 Å². The van der Waals surface area contributed by atoms with Crippen LogP contribution in [-0.2, 0) is 22.6 Å². The molecule has 30 heavy (non-hydrogen) atoms. The second-order valence-electron chi connectivity index (χ2n) is 7.25. The van der Waals surface area contributed by atoms with Gasteiger partial charge in [0.25, 0.3) is 0 Å². The van der Waals surface area contributed by atoms with Gasteiger partial charge in [-0.15, -0.1) is 0 Å². The summed E-state index contributed by atoms with van der Waals surface area (Å²) in [5.74, 6) is -0.0958. The molecule has 7 nitrogen and oxygen atoms in total. The molecule has 0 spiro atoms. The molecule has 2 rings (SSSR count). The molecule has 0 unspecified atom stereocenters. The molecule has 0 bridgehead atoms. The molecule has 1 amide bonds. The number of carbonyl (C=O) groups excluding carboxylic acids is 3. The zero-order valence-corrected chi connectivity index (χ0v) is 18.6. The van der Waals surface area contributed by atoms with Crippen molar-refractivity contribution in [3.8, 4) is 0 Å². The van der Waals surface area contributed by atoms with Crippen LogP contribution >= 0.6 is 0 Å². The van der Waals surface area contributed by atoms with E-state index in [4.69, 9.17) is 9.15 Å². The number of aromatic nitrogens is 1. The molecular weight excluding hydrogens is 384 g/mol. The number of rotatable bonds is 11. The van der Waals surface area contributed by atoms with E-state index in [0.717, 1.165) is 12.8 Å². The van der Waals surface area contributed by atoms with E-state index < -0.39 is 5.97 Å². The highest BCUT2D eigenvalue weighted by atomic mass is 16.5. The molecule has 0 N–H and O–H groups in total. The predicted molar refractivity (Wildman–Crippen MR) is 114 cm³/mol. The van der Waals surface area contributed by atoms with Crippen molar-refractivity contribution in [2.24, 2.45) is 0 Å². The fourth-order valence-corrected chi connectivity index (χ4v) is 3.73. The lowest BCUT2D eigenvalue weighted by Crippen LogP contribution is -2.35. The first kappa shape index (κ1) is 23.4. The maximum Gasteiger partial charge on any atom is 0.355 e. The van der Waals surface area contributed by atoms with Gasteiger partial charge in [0, 0.05) is 24.2 Å². The van der Waals surface area contributed by atoms with Gasteiger partial charge >= 0.3 is 5.97 Å². The van der Waals surface area contributed by atoms with E-state index in [-0.39, 0.29) is 31.4 Å². The summed E-state index contributed by atoms with van der Waals surface area (Å²) in [5.41, 5.74) is 2.18. The molecule has 0 aromatic carbocycles. The number of esters is 1. The number of ether oxygens (including phenoxy) is 1. The largest absolute Gasteiger partial charge is 0.467 e. The van der Waals surface area contributed by atoms with Crippen LogP contribution in [0.25, 0.3) is 0 Å². The summed E-state index contributed by atoms with van der Waals surface area (Å²) in [6, 6.07) is 3.54. The highest BCUT2D eigenvalue weighted by Gasteiger charge is 2.28. The molecular formula is C23H32N2O5. The average molecular weight is 417 g/mol. The number of hydrogen-bond acceptors (Lipinski definition) is 5. The van der Waals surface area contributed by atoms with Crippen molar-refractivity contribution in [2.75, 3.05) is 13.2 Å². The molecule has 0 atom stereocenters. The third-order valence-electron chi connectivity index (χ3n) is 5.19. The van der Waals surface area contributed by atoms with Crippen molar-refractivity contribution in [2.45, 2.75) is 67.0 Å². The molecule has 0 radical (unpaired) electrons. The number of carbonyl (C=O) groups is 3. The number of furan rings is 1. The topological polar surface area (TPSA) is 81.8 Å². The van der Waals surface area contributed by atoms with Gasteiger partial charge in [-0.2, -0.15) is 0 Å². The number of hydrogen-bond donors (Lipinski definition) is 0. The normalized spacial score (nSPS) is 10.8. The number of nitrogens with zero attached hydrogens (tertiary/aromatic N) is 2. The molecule has 2 aromatic rings. The molecule has 164 valence electrons. The lowest BCUT2D eigenvalue weighted by Gasteiger charge is -2.21. The number of amides is 1. The first-order valence-corrected chi connectivity index (χ1v) is 10.6. The first-order chi connectivity index (χ1) is 14.3. The lowest BCUT2D eigenvalue weighted by molar-refractivity contribution is -0.131. The Morgan fingerprint density at radius 3 is 2.47 bits per heavy atom. The minimum atomic E-state index is -0.439. The molecule has 0 aliphatic carbocycles. The Labute approximate surface area is 178 Å². The molecule has 0 aliphatic heterocycles. The van der Waals surface area contributed by atoms with E-state index in [2.05, 4.69) is 0 Å². The van der Waals surface area contributed by atoms with E-state index in [9.17, 15) is 14.4 Å². The highest BCUT2D eigenvalue weighted by molar-refractivity contribution is 6.04. The van der Waals surface area contributed by atoms with Crippen molar-refractivity contribution in [3.63, 3.8) is 0 Å². The summed E-state index contributed by atoms with van der Waals surface area (Å²) < 4.78 is 12.4.